The Balaban J connectivity index is 2.57. The van der Waals surface area contributed by atoms with E-state index in [0.717, 1.165) is 5.69 Å². The molecule has 0 N–H and O–H groups in total. The number of aromatic nitrogens is 2. The van der Waals surface area contributed by atoms with Crippen molar-refractivity contribution in [1.29, 1.82) is 0 Å². The number of hydrogen-bond donors (Lipinski definition) is 0. The van der Waals surface area contributed by atoms with E-state index >= 15 is 0 Å². The summed E-state index contributed by atoms with van der Waals surface area (Å²) < 4.78 is 1.55. The van der Waals surface area contributed by atoms with E-state index in [1.807, 2.05) is 0 Å². The quantitative estimate of drug-likeness (QED) is 0.710. The van der Waals surface area contributed by atoms with Gasteiger partial charge in [-0.25, -0.2) is 4.68 Å². The van der Waals surface area contributed by atoms with Crippen molar-refractivity contribution >= 4 is 23.2 Å². The molecule has 0 spiro atoms. The first-order valence-corrected chi connectivity index (χ1v) is 4.40. The van der Waals surface area contributed by atoms with Gasteiger partial charge < -0.3 is 0 Å². The Kier molecular flexibility index (Phi) is 2.25. The molecule has 65 valence electrons. The van der Waals surface area contributed by atoms with E-state index in [9.17, 15) is 0 Å². The molecule has 0 fully saturated rings. The summed E-state index contributed by atoms with van der Waals surface area (Å²) in [5.41, 5.74) is 0.735. The minimum atomic E-state index is 0.601. The fourth-order valence-corrected chi connectivity index (χ4v) is 1.38. The Morgan fingerprint density at radius 2 is 2.15 bits per heavy atom. The average molecular weight is 212 g/mol. The fourth-order valence-electron chi connectivity index (χ4n) is 1.02. The van der Waals surface area contributed by atoms with Gasteiger partial charge in [0, 0.05) is 5.02 Å². The van der Waals surface area contributed by atoms with E-state index in [2.05, 4.69) is 11.3 Å². The molecule has 0 saturated carbocycles. The number of rotatable bonds is 1. The van der Waals surface area contributed by atoms with Crippen molar-refractivity contribution in [2.75, 3.05) is 0 Å². The zero-order valence-electron chi connectivity index (χ0n) is 6.54. The lowest BCUT2D eigenvalue weighted by atomic mass is 10.3. The lowest BCUT2D eigenvalue weighted by molar-refractivity contribution is 0.874. The molecule has 0 aliphatic carbocycles. The van der Waals surface area contributed by atoms with Crippen molar-refractivity contribution in [2.24, 2.45) is 0 Å². The highest BCUT2D eigenvalue weighted by molar-refractivity contribution is 6.34. The van der Waals surface area contributed by atoms with Gasteiger partial charge in [0.2, 0.25) is 0 Å². The molecule has 1 aromatic heterocycles. The summed E-state index contributed by atoms with van der Waals surface area (Å²) in [6.45, 7) is 0. The van der Waals surface area contributed by atoms with Crippen LogP contribution in [0, 0.1) is 6.20 Å². The summed E-state index contributed by atoms with van der Waals surface area (Å²) in [5.74, 6) is 0. The third kappa shape index (κ3) is 1.69. The minimum absolute atomic E-state index is 0.601. The lowest BCUT2D eigenvalue weighted by Crippen LogP contribution is -1.95. The molecule has 2 aromatic rings. The van der Waals surface area contributed by atoms with Gasteiger partial charge in [0.15, 0.2) is 0 Å². The van der Waals surface area contributed by atoms with E-state index in [4.69, 9.17) is 23.2 Å². The molecule has 1 radical (unpaired) electrons. The standard InChI is InChI=1S/C9H5Cl2N2/c10-7-2-3-8(11)9(6-7)13-5-1-4-12-13/h1-4,6H. The molecule has 4 heteroatoms. The highest BCUT2D eigenvalue weighted by atomic mass is 35.5. The van der Waals surface area contributed by atoms with Gasteiger partial charge in [-0.3, -0.25) is 0 Å². The molecule has 0 aliphatic rings. The van der Waals surface area contributed by atoms with Crippen molar-refractivity contribution in [3.05, 3.63) is 46.7 Å². The molecule has 2 nitrogen and oxygen atoms in total. The molecule has 13 heavy (non-hydrogen) atoms. The zero-order valence-corrected chi connectivity index (χ0v) is 8.05. The van der Waals surface area contributed by atoms with Gasteiger partial charge in [0.1, 0.15) is 0 Å². The van der Waals surface area contributed by atoms with Gasteiger partial charge in [0.05, 0.1) is 23.1 Å². The van der Waals surface area contributed by atoms with Crippen LogP contribution in [0.5, 0.6) is 0 Å². The molecular weight excluding hydrogens is 207 g/mol. The normalized spacial score (nSPS) is 10.3. The fraction of sp³-hybridized carbons (Fsp3) is 0. The molecule has 2 rings (SSSR count). The predicted octanol–water partition coefficient (Wildman–Crippen LogP) is 2.98. The van der Waals surface area contributed by atoms with E-state index in [1.165, 1.54) is 0 Å². The SMILES string of the molecule is Clc1ccc(Cl)c(-n2[c]ccn2)c1. The van der Waals surface area contributed by atoms with Gasteiger partial charge >= 0.3 is 0 Å². The average Bonchev–Trinajstić information content (AvgIpc) is 2.61. The van der Waals surface area contributed by atoms with Crippen LogP contribution in [-0.4, -0.2) is 9.78 Å². The first-order valence-electron chi connectivity index (χ1n) is 3.64. The van der Waals surface area contributed by atoms with Crippen molar-refractivity contribution in [3.8, 4) is 5.69 Å². The van der Waals surface area contributed by atoms with Crippen LogP contribution in [0.25, 0.3) is 5.69 Å². The number of hydrogen-bond acceptors (Lipinski definition) is 1. The number of nitrogens with zero attached hydrogens (tertiary/aromatic N) is 2. The van der Waals surface area contributed by atoms with Crippen LogP contribution in [0.2, 0.25) is 10.0 Å². The van der Waals surface area contributed by atoms with E-state index in [1.54, 1.807) is 35.1 Å². The molecule has 0 atom stereocenters. The second-order valence-electron chi connectivity index (χ2n) is 2.47. The first kappa shape index (κ1) is 8.60. The lowest BCUT2D eigenvalue weighted by Gasteiger charge is -2.03. The number of benzene rings is 1. The summed E-state index contributed by atoms with van der Waals surface area (Å²) >= 11 is 11.8. The third-order valence-electron chi connectivity index (χ3n) is 1.59. The van der Waals surface area contributed by atoms with Crippen LogP contribution in [0.15, 0.2) is 30.5 Å². The summed E-state index contributed by atoms with van der Waals surface area (Å²) in [6.07, 6.45) is 4.52. The molecule has 0 saturated heterocycles. The van der Waals surface area contributed by atoms with Gasteiger partial charge in [-0.05, 0) is 24.3 Å². The maximum absolute atomic E-state index is 5.95. The zero-order chi connectivity index (χ0) is 9.26. The molecule has 1 aromatic carbocycles. The van der Waals surface area contributed by atoms with Crippen LogP contribution in [0.4, 0.5) is 0 Å². The van der Waals surface area contributed by atoms with Crippen LogP contribution in [-0.2, 0) is 0 Å². The largest absolute Gasteiger partial charge is 0.230 e. The molecule has 0 amide bonds. The maximum atomic E-state index is 5.95. The van der Waals surface area contributed by atoms with Crippen LogP contribution in [0.1, 0.15) is 0 Å². The highest BCUT2D eigenvalue weighted by Crippen LogP contribution is 2.23. The third-order valence-corrected chi connectivity index (χ3v) is 2.14. The molecule has 0 unspecified atom stereocenters. The second-order valence-corrected chi connectivity index (χ2v) is 3.31. The maximum Gasteiger partial charge on any atom is 0.0927 e. The van der Waals surface area contributed by atoms with Crippen molar-refractivity contribution in [2.45, 2.75) is 0 Å². The van der Waals surface area contributed by atoms with E-state index in [-0.39, 0.29) is 0 Å². The van der Waals surface area contributed by atoms with E-state index in [0.29, 0.717) is 10.0 Å². The highest BCUT2D eigenvalue weighted by Gasteiger charge is 2.03. The van der Waals surface area contributed by atoms with Crippen LogP contribution < -0.4 is 0 Å². The Labute approximate surface area is 85.7 Å². The summed E-state index contributed by atoms with van der Waals surface area (Å²) in [4.78, 5) is 0. The minimum Gasteiger partial charge on any atom is -0.230 e. The Morgan fingerprint density at radius 3 is 2.85 bits per heavy atom. The summed E-state index contributed by atoms with van der Waals surface area (Å²) in [5, 5.41) is 5.24. The molecule has 0 bridgehead atoms. The monoisotopic (exact) mass is 211 g/mol. The topological polar surface area (TPSA) is 17.8 Å². The second kappa shape index (κ2) is 3.40. The smallest absolute Gasteiger partial charge is 0.0927 e. The van der Waals surface area contributed by atoms with Crippen molar-refractivity contribution in [1.82, 2.24) is 9.78 Å². The number of halogens is 2. The Bertz CT molecular complexity index is 410. The molecular formula is C9H5Cl2N2. The van der Waals surface area contributed by atoms with Gasteiger partial charge in [-0.15, -0.1) is 0 Å². The van der Waals surface area contributed by atoms with Crippen LogP contribution >= 0.6 is 23.2 Å². The molecule has 0 aliphatic heterocycles. The van der Waals surface area contributed by atoms with Crippen LogP contribution in [0.3, 0.4) is 0 Å². The molecule has 1 heterocycles. The summed E-state index contributed by atoms with van der Waals surface area (Å²) in [6, 6.07) is 6.91. The van der Waals surface area contributed by atoms with E-state index < -0.39 is 0 Å². The van der Waals surface area contributed by atoms with Crippen molar-refractivity contribution < 1.29 is 0 Å². The van der Waals surface area contributed by atoms with Gasteiger partial charge in [-0.2, -0.15) is 5.10 Å². The predicted molar refractivity (Wildman–Crippen MR) is 52.4 cm³/mol. The van der Waals surface area contributed by atoms with Gasteiger partial charge in [0.25, 0.3) is 0 Å². The Hall–Kier alpha value is -0.990. The Morgan fingerprint density at radius 1 is 1.31 bits per heavy atom. The first-order chi connectivity index (χ1) is 6.27. The van der Waals surface area contributed by atoms with Gasteiger partial charge in [-0.1, -0.05) is 23.2 Å². The van der Waals surface area contributed by atoms with Crippen molar-refractivity contribution in [3.63, 3.8) is 0 Å². The summed E-state index contributed by atoms with van der Waals surface area (Å²) in [7, 11) is 0.